The van der Waals surface area contributed by atoms with Gasteiger partial charge in [-0.1, -0.05) is 11.6 Å². The molecule has 0 atom stereocenters. The molecule has 70 valence electrons. The molecular formula is C7H7ClN2O3. The van der Waals surface area contributed by atoms with Crippen LogP contribution in [0.25, 0.3) is 0 Å². The minimum absolute atomic E-state index is 0.0235. The number of nitrogens with zero attached hydrogens (tertiary/aromatic N) is 2. The molecule has 0 fully saturated rings. The minimum Gasteiger partial charge on any atom is -0.451 e. The summed E-state index contributed by atoms with van der Waals surface area (Å²) in [7, 11) is 1.15. The Bertz CT molecular complexity index is 318. The van der Waals surface area contributed by atoms with Gasteiger partial charge in [-0.2, -0.15) is 5.06 Å². The van der Waals surface area contributed by atoms with E-state index in [-0.39, 0.29) is 15.9 Å². The first kappa shape index (κ1) is 9.76. The standard InChI is InChI=1S/C7H7ClN2O3/c1-13-7(11)10(12)5-3-2-4-9-6(5)8/h2-4,12H,1H3. The van der Waals surface area contributed by atoms with Crippen molar-refractivity contribution >= 4 is 23.4 Å². The van der Waals surface area contributed by atoms with Crippen molar-refractivity contribution in [2.45, 2.75) is 0 Å². The highest BCUT2D eigenvalue weighted by molar-refractivity contribution is 6.32. The Morgan fingerprint density at radius 3 is 3.00 bits per heavy atom. The molecule has 0 bridgehead atoms. The van der Waals surface area contributed by atoms with E-state index in [1.54, 1.807) is 0 Å². The van der Waals surface area contributed by atoms with E-state index in [9.17, 15) is 10.0 Å². The fourth-order valence-corrected chi connectivity index (χ4v) is 0.920. The van der Waals surface area contributed by atoms with Gasteiger partial charge in [-0.25, -0.2) is 9.78 Å². The lowest BCUT2D eigenvalue weighted by Gasteiger charge is -2.13. The van der Waals surface area contributed by atoms with Crippen LogP contribution in [0.1, 0.15) is 0 Å². The van der Waals surface area contributed by atoms with Gasteiger partial charge in [0.05, 0.1) is 7.11 Å². The van der Waals surface area contributed by atoms with Gasteiger partial charge in [-0.3, -0.25) is 5.21 Å². The quantitative estimate of drug-likeness (QED) is 0.428. The molecule has 0 radical (unpaired) electrons. The number of ether oxygens (including phenoxy) is 1. The summed E-state index contributed by atoms with van der Waals surface area (Å²) in [5.74, 6) is 0. The molecule has 5 nitrogen and oxygen atoms in total. The number of anilines is 1. The predicted molar refractivity (Wildman–Crippen MR) is 45.9 cm³/mol. The fourth-order valence-electron chi connectivity index (χ4n) is 0.720. The van der Waals surface area contributed by atoms with E-state index in [4.69, 9.17) is 11.6 Å². The molecule has 0 aromatic carbocycles. The van der Waals surface area contributed by atoms with Crippen molar-refractivity contribution in [3.8, 4) is 0 Å². The summed E-state index contributed by atoms with van der Waals surface area (Å²) >= 11 is 5.60. The second kappa shape index (κ2) is 4.06. The van der Waals surface area contributed by atoms with Crippen LogP contribution in [-0.4, -0.2) is 23.4 Å². The Labute approximate surface area is 79.5 Å². The Morgan fingerprint density at radius 2 is 2.46 bits per heavy atom. The van der Waals surface area contributed by atoms with E-state index >= 15 is 0 Å². The third-order valence-electron chi connectivity index (χ3n) is 1.32. The number of rotatable bonds is 1. The molecule has 1 amide bonds. The Hall–Kier alpha value is -1.33. The van der Waals surface area contributed by atoms with Gasteiger partial charge in [-0.15, -0.1) is 0 Å². The number of carbonyl (C=O) groups excluding carboxylic acids is 1. The van der Waals surface area contributed by atoms with Crippen LogP contribution in [0, 0.1) is 0 Å². The van der Waals surface area contributed by atoms with E-state index in [0.29, 0.717) is 0 Å². The lowest BCUT2D eigenvalue weighted by atomic mass is 10.4. The van der Waals surface area contributed by atoms with Gasteiger partial charge < -0.3 is 4.74 Å². The zero-order chi connectivity index (χ0) is 9.84. The summed E-state index contributed by atoms with van der Waals surface area (Å²) in [6, 6.07) is 2.97. The monoisotopic (exact) mass is 202 g/mol. The first-order chi connectivity index (χ1) is 6.16. The third kappa shape index (κ3) is 2.07. The van der Waals surface area contributed by atoms with Crippen LogP contribution in [0.2, 0.25) is 5.15 Å². The maximum Gasteiger partial charge on any atom is 0.438 e. The summed E-state index contributed by atoms with van der Waals surface area (Å²) in [5, 5.41) is 9.51. The molecule has 0 spiro atoms. The first-order valence-electron chi connectivity index (χ1n) is 3.34. The van der Waals surface area contributed by atoms with Gasteiger partial charge in [0.1, 0.15) is 5.69 Å². The van der Waals surface area contributed by atoms with Crippen molar-refractivity contribution < 1.29 is 14.7 Å². The molecule has 1 aromatic rings. The zero-order valence-corrected chi connectivity index (χ0v) is 7.52. The minimum atomic E-state index is -0.921. The SMILES string of the molecule is COC(=O)N(O)c1cccnc1Cl. The zero-order valence-electron chi connectivity index (χ0n) is 6.77. The van der Waals surface area contributed by atoms with Crippen LogP contribution in [-0.2, 0) is 4.74 Å². The number of pyridine rings is 1. The fraction of sp³-hybridized carbons (Fsp3) is 0.143. The number of methoxy groups -OCH3 is 1. The van der Waals surface area contributed by atoms with Crippen molar-refractivity contribution in [1.82, 2.24) is 4.98 Å². The lowest BCUT2D eigenvalue weighted by molar-refractivity contribution is 0.141. The van der Waals surface area contributed by atoms with E-state index in [1.807, 2.05) is 0 Å². The Morgan fingerprint density at radius 1 is 1.77 bits per heavy atom. The molecule has 1 aromatic heterocycles. The van der Waals surface area contributed by atoms with E-state index in [0.717, 1.165) is 7.11 Å². The van der Waals surface area contributed by atoms with Gasteiger partial charge in [0, 0.05) is 6.20 Å². The highest BCUT2D eigenvalue weighted by Crippen LogP contribution is 2.21. The van der Waals surface area contributed by atoms with Gasteiger partial charge in [0.15, 0.2) is 5.15 Å². The maximum atomic E-state index is 10.8. The molecule has 6 heteroatoms. The molecular weight excluding hydrogens is 196 g/mol. The van der Waals surface area contributed by atoms with Crippen molar-refractivity contribution in [2.24, 2.45) is 0 Å². The number of amides is 1. The molecule has 0 aliphatic rings. The second-order valence-electron chi connectivity index (χ2n) is 2.10. The number of halogens is 1. The van der Waals surface area contributed by atoms with E-state index in [2.05, 4.69) is 9.72 Å². The molecule has 13 heavy (non-hydrogen) atoms. The first-order valence-corrected chi connectivity index (χ1v) is 3.72. The Kier molecular flexibility index (Phi) is 3.05. The molecule has 0 saturated carbocycles. The van der Waals surface area contributed by atoms with Gasteiger partial charge in [-0.05, 0) is 12.1 Å². The highest BCUT2D eigenvalue weighted by atomic mass is 35.5. The number of carbonyl (C=O) groups is 1. The number of hydroxylamine groups is 1. The van der Waals surface area contributed by atoms with E-state index < -0.39 is 6.09 Å². The number of hydrogen-bond donors (Lipinski definition) is 1. The molecule has 0 aliphatic carbocycles. The summed E-state index contributed by atoms with van der Waals surface area (Å²) < 4.78 is 4.27. The summed E-state index contributed by atoms with van der Waals surface area (Å²) in [5.41, 5.74) is 0.0796. The van der Waals surface area contributed by atoms with Crippen molar-refractivity contribution in [3.63, 3.8) is 0 Å². The lowest BCUT2D eigenvalue weighted by Crippen LogP contribution is -2.27. The molecule has 0 unspecified atom stereocenters. The molecule has 0 saturated heterocycles. The summed E-state index contributed by atoms with van der Waals surface area (Å²) in [4.78, 5) is 14.5. The number of hydrogen-bond acceptors (Lipinski definition) is 4. The largest absolute Gasteiger partial charge is 0.451 e. The maximum absolute atomic E-state index is 10.8. The Balaban J connectivity index is 2.95. The van der Waals surface area contributed by atoms with Crippen LogP contribution in [0.4, 0.5) is 10.5 Å². The second-order valence-corrected chi connectivity index (χ2v) is 2.45. The smallest absolute Gasteiger partial charge is 0.438 e. The van der Waals surface area contributed by atoms with Crippen molar-refractivity contribution in [2.75, 3.05) is 12.2 Å². The summed E-state index contributed by atoms with van der Waals surface area (Å²) in [6.07, 6.45) is 0.520. The van der Waals surface area contributed by atoms with Crippen LogP contribution in [0.5, 0.6) is 0 Å². The van der Waals surface area contributed by atoms with Crippen molar-refractivity contribution in [3.05, 3.63) is 23.5 Å². The number of aromatic nitrogens is 1. The molecule has 0 aliphatic heterocycles. The normalized spacial score (nSPS) is 9.46. The van der Waals surface area contributed by atoms with Crippen LogP contribution in [0.3, 0.4) is 0 Å². The average Bonchev–Trinajstić information content (AvgIpc) is 2.16. The van der Waals surface area contributed by atoms with Crippen LogP contribution < -0.4 is 5.06 Å². The molecule has 1 N–H and O–H groups in total. The predicted octanol–water partition coefficient (Wildman–Crippen LogP) is 1.70. The van der Waals surface area contributed by atoms with E-state index in [1.165, 1.54) is 18.3 Å². The average molecular weight is 203 g/mol. The summed E-state index contributed by atoms with van der Waals surface area (Å²) in [6.45, 7) is 0. The molecule has 1 rings (SSSR count). The van der Waals surface area contributed by atoms with Crippen LogP contribution in [0.15, 0.2) is 18.3 Å². The molecule has 1 heterocycles. The van der Waals surface area contributed by atoms with Gasteiger partial charge in [0.25, 0.3) is 0 Å². The van der Waals surface area contributed by atoms with Crippen LogP contribution >= 0.6 is 11.6 Å². The van der Waals surface area contributed by atoms with Gasteiger partial charge in [0.2, 0.25) is 0 Å². The van der Waals surface area contributed by atoms with Gasteiger partial charge >= 0.3 is 6.09 Å². The highest BCUT2D eigenvalue weighted by Gasteiger charge is 2.16. The van der Waals surface area contributed by atoms with Crippen molar-refractivity contribution in [1.29, 1.82) is 0 Å². The topological polar surface area (TPSA) is 62.7 Å². The third-order valence-corrected chi connectivity index (χ3v) is 1.61.